The van der Waals surface area contributed by atoms with Crippen LogP contribution in [0.15, 0.2) is 53.3 Å². The number of hydrogen-bond donors (Lipinski definition) is 0. The van der Waals surface area contributed by atoms with Crippen LogP contribution in [0.25, 0.3) is 10.8 Å². The van der Waals surface area contributed by atoms with Gasteiger partial charge in [0, 0.05) is 17.6 Å². The summed E-state index contributed by atoms with van der Waals surface area (Å²) in [6.07, 6.45) is 1.72. The molecule has 0 saturated heterocycles. The van der Waals surface area contributed by atoms with Crippen LogP contribution >= 0.6 is 0 Å². The van der Waals surface area contributed by atoms with Crippen molar-refractivity contribution in [3.63, 3.8) is 0 Å². The summed E-state index contributed by atoms with van der Waals surface area (Å²) < 4.78 is 0.910. The van der Waals surface area contributed by atoms with Crippen molar-refractivity contribution in [2.24, 2.45) is 0 Å². The summed E-state index contributed by atoms with van der Waals surface area (Å²) in [6.45, 7) is 0.212. The third-order valence-electron chi connectivity index (χ3n) is 4.76. The molecule has 1 aliphatic heterocycles. The van der Waals surface area contributed by atoms with Crippen LogP contribution in [-0.2, 0) is 17.8 Å². The summed E-state index contributed by atoms with van der Waals surface area (Å²) in [5.41, 5.74) is 1.04. The fraction of sp³-hybridized carbons (Fsp3) is 0.200. The summed E-state index contributed by atoms with van der Waals surface area (Å²) in [5, 5.41) is 15.7. The van der Waals surface area contributed by atoms with Gasteiger partial charge in [0.05, 0.1) is 11.4 Å². The van der Waals surface area contributed by atoms with Gasteiger partial charge in [-0.3, -0.25) is 9.59 Å². The van der Waals surface area contributed by atoms with Crippen LogP contribution in [0.4, 0.5) is 5.69 Å². The van der Waals surface area contributed by atoms with E-state index in [0.29, 0.717) is 6.54 Å². The molecule has 27 heavy (non-hydrogen) atoms. The van der Waals surface area contributed by atoms with E-state index >= 15 is 0 Å². The zero-order chi connectivity index (χ0) is 19.0. The Morgan fingerprint density at radius 3 is 2.52 bits per heavy atom. The number of carbonyl (C=O) groups excluding carboxylic acids is 2. The van der Waals surface area contributed by atoms with Gasteiger partial charge in [0.1, 0.15) is 12.2 Å². The molecule has 136 valence electrons. The molecule has 7 heteroatoms. The lowest BCUT2D eigenvalue weighted by Gasteiger charge is -2.29. The van der Waals surface area contributed by atoms with Gasteiger partial charge in [0.15, 0.2) is 0 Å². The molecule has 0 radical (unpaired) electrons. The van der Waals surface area contributed by atoms with E-state index in [4.69, 9.17) is 0 Å². The minimum atomic E-state index is -1.49. The molecule has 0 saturated carbocycles. The minimum absolute atomic E-state index is 0.193. The van der Waals surface area contributed by atoms with E-state index in [1.165, 1.54) is 12.1 Å². The van der Waals surface area contributed by atoms with Crippen LogP contribution in [0, 0.1) is 0 Å². The first-order valence-corrected chi connectivity index (χ1v) is 8.66. The topological polar surface area (TPSA) is 95.3 Å². The van der Waals surface area contributed by atoms with Crippen molar-refractivity contribution in [2.45, 2.75) is 19.4 Å². The van der Waals surface area contributed by atoms with Crippen molar-refractivity contribution in [3.05, 3.63) is 70.1 Å². The Kier molecular flexibility index (Phi) is 4.19. The molecular weight excluding hydrogens is 346 g/mol. The number of benzene rings is 2. The maximum Gasteiger partial charge on any atom is 0.275 e. The van der Waals surface area contributed by atoms with E-state index in [9.17, 15) is 19.5 Å². The molecule has 0 N–H and O–H groups in total. The minimum Gasteiger partial charge on any atom is -0.543 e. The fourth-order valence-corrected chi connectivity index (χ4v) is 3.50. The zero-order valence-corrected chi connectivity index (χ0v) is 14.4. The fourth-order valence-electron chi connectivity index (χ4n) is 3.50. The van der Waals surface area contributed by atoms with Crippen molar-refractivity contribution < 1.29 is 14.7 Å². The number of aryl methyl sites for hydroxylation is 1. The third kappa shape index (κ3) is 2.97. The number of rotatable bonds is 3. The van der Waals surface area contributed by atoms with Gasteiger partial charge in [-0.2, -0.15) is 5.10 Å². The summed E-state index contributed by atoms with van der Waals surface area (Å²) in [7, 11) is 0. The highest BCUT2D eigenvalue weighted by Crippen LogP contribution is 2.26. The lowest BCUT2D eigenvalue weighted by Crippen LogP contribution is -2.41. The SMILES string of the molecule is O=C([O-])c1nn(CC(=O)N2CCCc3ccccc32)c(=O)c2ccccc12. The Balaban J connectivity index is 1.74. The monoisotopic (exact) mass is 362 g/mol. The highest BCUT2D eigenvalue weighted by molar-refractivity contribution is 6.00. The van der Waals surface area contributed by atoms with Crippen LogP contribution < -0.4 is 15.6 Å². The lowest BCUT2D eigenvalue weighted by atomic mass is 10.0. The molecule has 0 atom stereocenters. The Morgan fingerprint density at radius 2 is 1.74 bits per heavy atom. The van der Waals surface area contributed by atoms with Gasteiger partial charge < -0.3 is 14.8 Å². The molecule has 4 rings (SSSR count). The maximum absolute atomic E-state index is 12.9. The standard InChI is InChI=1S/C20H17N3O4/c24-17(22-11-5-7-13-6-1-4-10-16(13)22)12-23-19(25)15-9-3-2-8-14(15)18(21-23)20(26)27/h1-4,6,8-10H,5,7,11-12H2,(H,26,27)/p-1. The number of aromatic carboxylic acids is 1. The zero-order valence-electron chi connectivity index (χ0n) is 14.4. The largest absolute Gasteiger partial charge is 0.543 e. The van der Waals surface area contributed by atoms with Gasteiger partial charge in [-0.1, -0.05) is 36.4 Å². The van der Waals surface area contributed by atoms with Gasteiger partial charge in [-0.25, -0.2) is 4.68 Å². The number of hydrogen-bond acceptors (Lipinski definition) is 5. The smallest absolute Gasteiger partial charge is 0.275 e. The predicted molar refractivity (Wildman–Crippen MR) is 97.4 cm³/mol. The number of amides is 1. The summed E-state index contributed by atoms with van der Waals surface area (Å²) in [4.78, 5) is 38.6. The lowest BCUT2D eigenvalue weighted by molar-refractivity contribution is -0.255. The van der Waals surface area contributed by atoms with Crippen molar-refractivity contribution in [1.29, 1.82) is 0 Å². The third-order valence-corrected chi connectivity index (χ3v) is 4.76. The van der Waals surface area contributed by atoms with Crippen molar-refractivity contribution in [1.82, 2.24) is 9.78 Å². The Hall–Kier alpha value is -3.48. The Morgan fingerprint density at radius 1 is 1.04 bits per heavy atom. The molecule has 0 spiro atoms. The maximum atomic E-state index is 12.9. The Labute approximate surface area is 154 Å². The van der Waals surface area contributed by atoms with Gasteiger partial charge >= 0.3 is 0 Å². The van der Waals surface area contributed by atoms with Crippen molar-refractivity contribution in [3.8, 4) is 0 Å². The first-order chi connectivity index (χ1) is 13.1. The predicted octanol–water partition coefficient (Wildman–Crippen LogP) is 0.739. The van der Waals surface area contributed by atoms with Crippen LogP contribution in [0.2, 0.25) is 0 Å². The summed E-state index contributed by atoms with van der Waals surface area (Å²) in [6, 6.07) is 13.9. The van der Waals surface area contributed by atoms with Crippen LogP contribution in [0.3, 0.4) is 0 Å². The molecule has 2 heterocycles. The number of anilines is 1. The molecule has 7 nitrogen and oxygen atoms in total. The molecule has 0 fully saturated rings. The second-order valence-corrected chi connectivity index (χ2v) is 6.42. The highest BCUT2D eigenvalue weighted by atomic mass is 16.4. The molecule has 3 aromatic rings. The van der Waals surface area contributed by atoms with Gasteiger partial charge in [-0.05, 0) is 30.5 Å². The van der Waals surface area contributed by atoms with Crippen molar-refractivity contribution >= 4 is 28.3 Å². The molecule has 2 aromatic carbocycles. The Bertz CT molecular complexity index is 1120. The van der Waals surface area contributed by atoms with E-state index < -0.39 is 11.5 Å². The number of nitrogens with zero attached hydrogens (tertiary/aromatic N) is 3. The molecule has 0 unspecified atom stereocenters. The van der Waals surface area contributed by atoms with E-state index in [1.54, 1.807) is 17.0 Å². The van der Waals surface area contributed by atoms with E-state index in [0.717, 1.165) is 28.8 Å². The number of carbonyl (C=O) groups is 2. The number of para-hydroxylation sites is 1. The number of carboxylic acids is 1. The molecule has 1 aromatic heterocycles. The number of aromatic nitrogens is 2. The van der Waals surface area contributed by atoms with Crippen LogP contribution in [0.1, 0.15) is 22.5 Å². The first-order valence-electron chi connectivity index (χ1n) is 8.66. The molecule has 0 aliphatic carbocycles. The summed E-state index contributed by atoms with van der Waals surface area (Å²) >= 11 is 0. The molecule has 1 aliphatic rings. The van der Waals surface area contributed by atoms with Gasteiger partial charge in [-0.15, -0.1) is 0 Å². The highest BCUT2D eigenvalue weighted by Gasteiger charge is 2.23. The van der Waals surface area contributed by atoms with E-state index in [2.05, 4.69) is 5.10 Å². The average Bonchev–Trinajstić information content (AvgIpc) is 2.69. The average molecular weight is 362 g/mol. The van der Waals surface area contributed by atoms with Gasteiger partial charge in [0.25, 0.3) is 5.56 Å². The summed E-state index contributed by atoms with van der Waals surface area (Å²) in [5.74, 6) is -1.80. The molecule has 1 amide bonds. The number of fused-ring (bicyclic) bond motifs is 2. The molecular formula is C20H16N3O4-. The quantitative estimate of drug-likeness (QED) is 0.685. The second-order valence-electron chi connectivity index (χ2n) is 6.42. The van der Waals surface area contributed by atoms with Gasteiger partial charge in [0.2, 0.25) is 5.91 Å². The first kappa shape index (κ1) is 17.0. The van der Waals surface area contributed by atoms with Crippen LogP contribution in [-0.4, -0.2) is 28.2 Å². The second kappa shape index (κ2) is 6.68. The normalized spacial score (nSPS) is 13.4. The van der Waals surface area contributed by atoms with Crippen LogP contribution in [0.5, 0.6) is 0 Å². The van der Waals surface area contributed by atoms with Crippen molar-refractivity contribution in [2.75, 3.05) is 11.4 Å². The van der Waals surface area contributed by atoms with E-state index in [1.807, 2.05) is 24.3 Å². The van der Waals surface area contributed by atoms with E-state index in [-0.39, 0.29) is 28.9 Å². The number of carboxylic acid groups (broad SMARTS) is 1. The molecule has 0 bridgehead atoms.